The summed E-state index contributed by atoms with van der Waals surface area (Å²) in [7, 11) is 0. The van der Waals surface area contributed by atoms with Crippen molar-refractivity contribution in [1.82, 2.24) is 10.2 Å². The van der Waals surface area contributed by atoms with Gasteiger partial charge in [0, 0.05) is 18.3 Å². The first-order valence-electron chi connectivity index (χ1n) is 9.32. The average molecular weight is 403 g/mol. The van der Waals surface area contributed by atoms with Crippen LogP contribution in [0.4, 0.5) is 4.39 Å². The SMILES string of the molecule is CC(C)NC(=O)[C@@H](C)N(Cc1ccc(F)cc1)C(=O)CSCc1ccccc1. The lowest BCUT2D eigenvalue weighted by molar-refractivity contribution is -0.138. The highest BCUT2D eigenvalue weighted by molar-refractivity contribution is 7.99. The van der Waals surface area contributed by atoms with E-state index in [-0.39, 0.29) is 36.0 Å². The molecule has 150 valence electrons. The van der Waals surface area contributed by atoms with Crippen molar-refractivity contribution in [3.05, 3.63) is 71.5 Å². The number of nitrogens with one attached hydrogen (secondary N) is 1. The Labute approximate surface area is 170 Å². The summed E-state index contributed by atoms with van der Waals surface area (Å²) < 4.78 is 13.2. The minimum atomic E-state index is -0.614. The molecule has 4 nitrogen and oxygen atoms in total. The molecule has 2 aromatic carbocycles. The van der Waals surface area contributed by atoms with Gasteiger partial charge in [0.15, 0.2) is 0 Å². The predicted octanol–water partition coefficient (Wildman–Crippen LogP) is 4.00. The minimum absolute atomic E-state index is 0.00909. The van der Waals surface area contributed by atoms with Gasteiger partial charge in [-0.15, -0.1) is 11.8 Å². The highest BCUT2D eigenvalue weighted by atomic mass is 32.2. The van der Waals surface area contributed by atoms with Gasteiger partial charge in [-0.1, -0.05) is 42.5 Å². The van der Waals surface area contributed by atoms with Crippen molar-refractivity contribution in [2.75, 3.05) is 5.75 Å². The molecule has 6 heteroatoms. The Morgan fingerprint density at radius 2 is 1.64 bits per heavy atom. The average Bonchev–Trinajstić information content (AvgIpc) is 2.67. The Hall–Kier alpha value is -2.34. The van der Waals surface area contributed by atoms with Crippen molar-refractivity contribution in [2.45, 2.75) is 45.2 Å². The summed E-state index contributed by atoms with van der Waals surface area (Å²) in [6.07, 6.45) is 0. The number of benzene rings is 2. The highest BCUT2D eigenvalue weighted by Crippen LogP contribution is 2.16. The lowest BCUT2D eigenvalue weighted by atomic mass is 10.1. The first-order valence-corrected chi connectivity index (χ1v) is 10.5. The van der Waals surface area contributed by atoms with Crippen molar-refractivity contribution in [3.8, 4) is 0 Å². The monoisotopic (exact) mass is 402 g/mol. The van der Waals surface area contributed by atoms with Gasteiger partial charge < -0.3 is 10.2 Å². The first-order chi connectivity index (χ1) is 13.4. The van der Waals surface area contributed by atoms with Crippen LogP contribution in [0.5, 0.6) is 0 Å². The van der Waals surface area contributed by atoms with E-state index >= 15 is 0 Å². The van der Waals surface area contributed by atoms with E-state index in [0.29, 0.717) is 0 Å². The van der Waals surface area contributed by atoms with Crippen LogP contribution in [-0.2, 0) is 21.9 Å². The quantitative estimate of drug-likeness (QED) is 0.690. The maximum atomic E-state index is 13.2. The van der Waals surface area contributed by atoms with E-state index in [0.717, 1.165) is 16.9 Å². The van der Waals surface area contributed by atoms with Gasteiger partial charge in [0.05, 0.1) is 5.75 Å². The van der Waals surface area contributed by atoms with Crippen molar-refractivity contribution >= 4 is 23.6 Å². The van der Waals surface area contributed by atoms with E-state index in [1.54, 1.807) is 24.0 Å². The molecule has 0 unspecified atom stereocenters. The van der Waals surface area contributed by atoms with Gasteiger partial charge in [0.25, 0.3) is 0 Å². The second-order valence-electron chi connectivity index (χ2n) is 6.97. The molecular weight excluding hydrogens is 375 g/mol. The zero-order valence-corrected chi connectivity index (χ0v) is 17.3. The molecule has 0 aliphatic carbocycles. The number of thioether (sulfide) groups is 1. The van der Waals surface area contributed by atoms with Crippen LogP contribution >= 0.6 is 11.8 Å². The first kappa shape index (κ1) is 22.0. The molecule has 1 N–H and O–H groups in total. The lowest BCUT2D eigenvalue weighted by Gasteiger charge is -2.29. The molecule has 28 heavy (non-hydrogen) atoms. The Morgan fingerprint density at radius 1 is 1.00 bits per heavy atom. The van der Waals surface area contributed by atoms with Gasteiger partial charge in [0.1, 0.15) is 11.9 Å². The van der Waals surface area contributed by atoms with E-state index in [1.165, 1.54) is 23.9 Å². The van der Waals surface area contributed by atoms with Gasteiger partial charge in [-0.25, -0.2) is 4.39 Å². The van der Waals surface area contributed by atoms with Gasteiger partial charge in [0.2, 0.25) is 11.8 Å². The minimum Gasteiger partial charge on any atom is -0.352 e. The number of hydrogen-bond donors (Lipinski definition) is 1. The second-order valence-corrected chi connectivity index (χ2v) is 7.95. The zero-order valence-electron chi connectivity index (χ0n) is 16.5. The Kier molecular flexibility index (Phi) is 8.51. The molecule has 2 amide bonds. The van der Waals surface area contributed by atoms with Crippen LogP contribution in [0.1, 0.15) is 31.9 Å². The van der Waals surface area contributed by atoms with Crippen LogP contribution in [0.15, 0.2) is 54.6 Å². The molecular formula is C22H27FN2O2S. The molecule has 2 rings (SSSR count). The molecule has 2 aromatic rings. The standard InChI is InChI=1S/C22H27FN2O2S/c1-16(2)24-22(27)17(3)25(13-18-9-11-20(23)12-10-18)21(26)15-28-14-19-7-5-4-6-8-19/h4-12,16-17H,13-15H2,1-3H3,(H,24,27)/t17-/m1/s1. The van der Waals surface area contributed by atoms with Gasteiger partial charge >= 0.3 is 0 Å². The third kappa shape index (κ3) is 7.00. The Bertz CT molecular complexity index is 766. The van der Waals surface area contributed by atoms with E-state index in [1.807, 2.05) is 44.2 Å². The van der Waals surface area contributed by atoms with Crippen molar-refractivity contribution in [1.29, 1.82) is 0 Å². The van der Waals surface area contributed by atoms with Crippen LogP contribution in [0, 0.1) is 5.82 Å². The lowest BCUT2D eigenvalue weighted by Crippen LogP contribution is -2.49. The highest BCUT2D eigenvalue weighted by Gasteiger charge is 2.26. The number of nitrogens with zero attached hydrogens (tertiary/aromatic N) is 1. The summed E-state index contributed by atoms with van der Waals surface area (Å²) in [6.45, 7) is 5.75. The van der Waals surface area contributed by atoms with Crippen LogP contribution in [-0.4, -0.2) is 34.6 Å². The summed E-state index contributed by atoms with van der Waals surface area (Å²) in [6, 6.07) is 15.3. The van der Waals surface area contributed by atoms with Crippen molar-refractivity contribution in [3.63, 3.8) is 0 Å². The van der Waals surface area contributed by atoms with Gasteiger partial charge in [-0.05, 0) is 44.0 Å². The van der Waals surface area contributed by atoms with E-state index in [4.69, 9.17) is 0 Å². The van der Waals surface area contributed by atoms with Crippen LogP contribution in [0.25, 0.3) is 0 Å². The summed E-state index contributed by atoms with van der Waals surface area (Å²) in [5, 5.41) is 2.86. The molecule has 0 aliphatic heterocycles. The fourth-order valence-corrected chi connectivity index (χ4v) is 3.56. The number of amides is 2. The molecule has 0 saturated heterocycles. The number of halogens is 1. The van der Waals surface area contributed by atoms with Crippen molar-refractivity contribution < 1.29 is 14.0 Å². The molecule has 0 fully saturated rings. The van der Waals surface area contributed by atoms with Gasteiger partial charge in [-0.2, -0.15) is 0 Å². The zero-order chi connectivity index (χ0) is 20.5. The largest absolute Gasteiger partial charge is 0.352 e. The molecule has 0 spiro atoms. The summed E-state index contributed by atoms with van der Waals surface area (Å²) in [4.78, 5) is 26.9. The third-order valence-electron chi connectivity index (χ3n) is 4.20. The second kappa shape index (κ2) is 10.9. The molecule has 0 aromatic heterocycles. The molecule has 0 heterocycles. The number of carbonyl (C=O) groups excluding carboxylic acids is 2. The number of carbonyl (C=O) groups is 2. The smallest absolute Gasteiger partial charge is 0.242 e. The summed E-state index contributed by atoms with van der Waals surface area (Å²) in [5.41, 5.74) is 1.93. The Morgan fingerprint density at radius 3 is 2.25 bits per heavy atom. The van der Waals surface area contributed by atoms with Crippen molar-refractivity contribution in [2.24, 2.45) is 0 Å². The van der Waals surface area contributed by atoms with Crippen LogP contribution in [0.2, 0.25) is 0 Å². The molecule has 0 saturated carbocycles. The van der Waals surface area contributed by atoms with Gasteiger partial charge in [-0.3, -0.25) is 9.59 Å². The number of hydrogen-bond acceptors (Lipinski definition) is 3. The van der Waals surface area contributed by atoms with E-state index < -0.39 is 6.04 Å². The molecule has 0 bridgehead atoms. The Balaban J connectivity index is 2.05. The molecule has 0 aliphatic rings. The third-order valence-corrected chi connectivity index (χ3v) is 5.19. The van der Waals surface area contributed by atoms with Crippen LogP contribution in [0.3, 0.4) is 0 Å². The van der Waals surface area contributed by atoms with Crippen LogP contribution < -0.4 is 5.32 Å². The van der Waals surface area contributed by atoms with E-state index in [9.17, 15) is 14.0 Å². The van der Waals surface area contributed by atoms with E-state index in [2.05, 4.69) is 5.32 Å². The summed E-state index contributed by atoms with van der Waals surface area (Å²) >= 11 is 1.52. The predicted molar refractivity (Wildman–Crippen MR) is 112 cm³/mol. The number of rotatable bonds is 9. The fourth-order valence-electron chi connectivity index (χ4n) is 2.69. The normalized spacial score (nSPS) is 11.9. The topological polar surface area (TPSA) is 49.4 Å². The molecule has 1 atom stereocenters. The maximum Gasteiger partial charge on any atom is 0.242 e. The maximum absolute atomic E-state index is 13.2. The fraction of sp³-hybridized carbons (Fsp3) is 0.364. The molecule has 0 radical (unpaired) electrons. The summed E-state index contributed by atoms with van der Waals surface area (Å²) in [5.74, 6) is 0.361.